The molecule has 2 rings (SSSR count). The van der Waals surface area contributed by atoms with Gasteiger partial charge < -0.3 is 14.7 Å². The van der Waals surface area contributed by atoms with Crippen LogP contribution in [0, 0.1) is 17.8 Å². The van der Waals surface area contributed by atoms with E-state index in [0.717, 1.165) is 45.1 Å². The molecule has 5 nitrogen and oxygen atoms in total. The Morgan fingerprint density at radius 1 is 1.22 bits per heavy atom. The van der Waals surface area contributed by atoms with Gasteiger partial charge in [0.2, 0.25) is 5.91 Å². The first kappa shape index (κ1) is 25.7. The van der Waals surface area contributed by atoms with E-state index in [9.17, 15) is 14.7 Å². The minimum absolute atomic E-state index is 0.0369. The molecule has 1 amide bonds. The zero-order valence-corrected chi connectivity index (χ0v) is 19.5. The van der Waals surface area contributed by atoms with Crippen molar-refractivity contribution < 1.29 is 19.4 Å². The molecule has 1 heterocycles. The predicted octanol–water partition coefficient (Wildman–Crippen LogP) is 4.29. The number of aliphatic hydroxyl groups excluding tert-OH is 1. The van der Waals surface area contributed by atoms with Gasteiger partial charge in [-0.05, 0) is 30.7 Å². The average Bonchev–Trinajstić information content (AvgIpc) is 3.16. The number of carbonyl (C=O) groups is 2. The van der Waals surface area contributed by atoms with E-state index in [0.29, 0.717) is 19.3 Å². The summed E-state index contributed by atoms with van der Waals surface area (Å²) < 4.78 is 4.65. The van der Waals surface area contributed by atoms with Crippen molar-refractivity contribution in [2.75, 3.05) is 13.7 Å². The SMILES string of the molecule is COC(=O)CCCCCCN1C(=O)CC[C@@H]1/C=C/[C@@H](O)[C@H](C)CC#CCc1ccccc1. The van der Waals surface area contributed by atoms with Crippen LogP contribution in [0.5, 0.6) is 0 Å². The van der Waals surface area contributed by atoms with Crippen LogP contribution in [-0.2, 0) is 20.7 Å². The van der Waals surface area contributed by atoms with E-state index in [-0.39, 0.29) is 23.8 Å². The summed E-state index contributed by atoms with van der Waals surface area (Å²) in [6.45, 7) is 2.72. The first-order valence-electron chi connectivity index (χ1n) is 11.7. The molecule has 1 saturated heterocycles. The van der Waals surface area contributed by atoms with Gasteiger partial charge >= 0.3 is 5.97 Å². The first-order chi connectivity index (χ1) is 15.5. The summed E-state index contributed by atoms with van der Waals surface area (Å²) >= 11 is 0. The Hall–Kier alpha value is -2.58. The summed E-state index contributed by atoms with van der Waals surface area (Å²) in [5.41, 5.74) is 1.20. The Morgan fingerprint density at radius 3 is 2.72 bits per heavy atom. The van der Waals surface area contributed by atoms with Crippen molar-refractivity contribution in [1.29, 1.82) is 0 Å². The van der Waals surface area contributed by atoms with Gasteiger partial charge in [0.25, 0.3) is 0 Å². The Labute approximate surface area is 192 Å². The molecule has 0 radical (unpaired) electrons. The number of ether oxygens (including phenoxy) is 1. The molecule has 3 atom stereocenters. The Kier molecular flexibility index (Phi) is 11.6. The van der Waals surface area contributed by atoms with Crippen LogP contribution in [0.15, 0.2) is 42.5 Å². The number of benzene rings is 1. The molecular formula is C27H37NO4. The van der Waals surface area contributed by atoms with Crippen molar-refractivity contribution >= 4 is 11.9 Å². The molecule has 5 heteroatoms. The second-order valence-electron chi connectivity index (χ2n) is 8.51. The van der Waals surface area contributed by atoms with Crippen LogP contribution >= 0.6 is 0 Å². The third kappa shape index (κ3) is 9.28. The standard InChI is InChI=1S/C27H37NO4/c1-22(12-9-10-15-23-13-6-5-7-14-23)25(29)19-17-24-18-20-26(30)28(24)21-11-4-3-8-16-27(31)32-2/h5-7,13-14,17,19,22,24-25,29H,3-4,8,11-12,15-16,18,20-21H2,1-2H3/b19-17+/t22-,24+,25-/m1/s1. The van der Waals surface area contributed by atoms with Crippen LogP contribution in [0.4, 0.5) is 0 Å². The van der Waals surface area contributed by atoms with Crippen LogP contribution < -0.4 is 0 Å². The molecule has 1 aliphatic rings. The normalized spacial score (nSPS) is 17.8. The second-order valence-corrected chi connectivity index (χ2v) is 8.51. The molecule has 0 bridgehead atoms. The molecule has 32 heavy (non-hydrogen) atoms. The maximum Gasteiger partial charge on any atom is 0.305 e. The van der Waals surface area contributed by atoms with Crippen LogP contribution in [0.1, 0.15) is 63.9 Å². The van der Waals surface area contributed by atoms with E-state index in [1.165, 1.54) is 12.7 Å². The third-order valence-corrected chi connectivity index (χ3v) is 5.93. The molecule has 1 fully saturated rings. The highest BCUT2D eigenvalue weighted by molar-refractivity contribution is 5.79. The van der Waals surface area contributed by atoms with Gasteiger partial charge in [0.15, 0.2) is 0 Å². The molecule has 0 aromatic heterocycles. The maximum atomic E-state index is 12.3. The van der Waals surface area contributed by atoms with E-state index in [1.807, 2.05) is 42.2 Å². The van der Waals surface area contributed by atoms with Crippen LogP contribution in [0.2, 0.25) is 0 Å². The Bertz CT molecular complexity index is 793. The van der Waals surface area contributed by atoms with E-state index >= 15 is 0 Å². The van der Waals surface area contributed by atoms with Crippen molar-refractivity contribution in [2.45, 2.75) is 76.9 Å². The van der Waals surface area contributed by atoms with Crippen LogP contribution in [0.25, 0.3) is 0 Å². The summed E-state index contributed by atoms with van der Waals surface area (Å²) in [5.74, 6) is 6.41. The molecule has 0 aliphatic carbocycles. The zero-order chi connectivity index (χ0) is 23.2. The average molecular weight is 440 g/mol. The summed E-state index contributed by atoms with van der Waals surface area (Å²) in [4.78, 5) is 25.3. The first-order valence-corrected chi connectivity index (χ1v) is 11.7. The molecule has 0 unspecified atom stereocenters. The van der Waals surface area contributed by atoms with Crippen LogP contribution in [-0.4, -0.2) is 47.7 Å². The van der Waals surface area contributed by atoms with E-state index in [4.69, 9.17) is 0 Å². The van der Waals surface area contributed by atoms with Gasteiger partial charge in [0, 0.05) is 32.2 Å². The number of aliphatic hydroxyl groups is 1. The van der Waals surface area contributed by atoms with Gasteiger partial charge in [-0.1, -0.05) is 68.2 Å². The maximum absolute atomic E-state index is 12.3. The number of hydrogen-bond donors (Lipinski definition) is 1. The lowest BCUT2D eigenvalue weighted by molar-refractivity contribution is -0.140. The summed E-state index contributed by atoms with van der Waals surface area (Å²) in [7, 11) is 1.41. The quantitative estimate of drug-likeness (QED) is 0.228. The van der Waals surface area contributed by atoms with Gasteiger partial charge in [-0.3, -0.25) is 9.59 Å². The van der Waals surface area contributed by atoms with Gasteiger partial charge in [-0.2, -0.15) is 0 Å². The molecule has 0 spiro atoms. The number of hydrogen-bond acceptors (Lipinski definition) is 4. The minimum Gasteiger partial charge on any atom is -0.469 e. The Balaban J connectivity index is 1.71. The largest absolute Gasteiger partial charge is 0.469 e. The molecule has 1 aromatic rings. The zero-order valence-electron chi connectivity index (χ0n) is 19.5. The smallest absolute Gasteiger partial charge is 0.305 e. The molecule has 1 N–H and O–H groups in total. The number of likely N-dealkylation sites (tertiary alicyclic amines) is 1. The van der Waals surface area contributed by atoms with E-state index in [1.54, 1.807) is 0 Å². The lowest BCUT2D eigenvalue weighted by atomic mass is 9.99. The fourth-order valence-corrected chi connectivity index (χ4v) is 3.80. The number of esters is 1. The number of unbranched alkanes of at least 4 members (excludes halogenated alkanes) is 3. The Morgan fingerprint density at radius 2 is 1.97 bits per heavy atom. The number of carbonyl (C=O) groups excluding carboxylic acids is 2. The topological polar surface area (TPSA) is 66.8 Å². The van der Waals surface area contributed by atoms with Gasteiger partial charge in [-0.15, -0.1) is 5.92 Å². The van der Waals surface area contributed by atoms with E-state index < -0.39 is 6.10 Å². The fraction of sp³-hybridized carbons (Fsp3) is 0.556. The van der Waals surface area contributed by atoms with Crippen molar-refractivity contribution in [3.05, 3.63) is 48.0 Å². The van der Waals surface area contributed by atoms with Crippen LogP contribution in [0.3, 0.4) is 0 Å². The van der Waals surface area contributed by atoms with Gasteiger partial charge in [-0.25, -0.2) is 0 Å². The van der Waals surface area contributed by atoms with Crippen molar-refractivity contribution in [2.24, 2.45) is 5.92 Å². The minimum atomic E-state index is -0.572. The number of methoxy groups -OCH3 is 1. The summed E-state index contributed by atoms with van der Waals surface area (Å²) in [6, 6.07) is 10.2. The lowest BCUT2D eigenvalue weighted by Crippen LogP contribution is -2.33. The number of amides is 1. The van der Waals surface area contributed by atoms with Crippen molar-refractivity contribution in [3.8, 4) is 11.8 Å². The van der Waals surface area contributed by atoms with Crippen molar-refractivity contribution in [1.82, 2.24) is 4.90 Å². The second kappa shape index (κ2) is 14.5. The van der Waals surface area contributed by atoms with E-state index in [2.05, 4.69) is 28.7 Å². The van der Waals surface area contributed by atoms with Crippen molar-refractivity contribution in [3.63, 3.8) is 0 Å². The number of rotatable bonds is 12. The molecule has 1 aliphatic heterocycles. The highest BCUT2D eigenvalue weighted by atomic mass is 16.5. The molecule has 0 saturated carbocycles. The predicted molar refractivity (Wildman–Crippen MR) is 127 cm³/mol. The monoisotopic (exact) mass is 439 g/mol. The fourth-order valence-electron chi connectivity index (χ4n) is 3.80. The number of nitrogens with zero attached hydrogens (tertiary/aromatic N) is 1. The molecule has 174 valence electrons. The molecular weight excluding hydrogens is 402 g/mol. The molecule has 1 aromatic carbocycles. The van der Waals surface area contributed by atoms with Gasteiger partial charge in [0.1, 0.15) is 0 Å². The van der Waals surface area contributed by atoms with Gasteiger partial charge in [0.05, 0.1) is 19.3 Å². The lowest BCUT2D eigenvalue weighted by Gasteiger charge is -2.23. The highest BCUT2D eigenvalue weighted by Gasteiger charge is 2.28. The highest BCUT2D eigenvalue weighted by Crippen LogP contribution is 2.22. The third-order valence-electron chi connectivity index (χ3n) is 5.93. The summed E-state index contributed by atoms with van der Waals surface area (Å²) in [6.07, 6.45) is 10.1. The summed E-state index contributed by atoms with van der Waals surface area (Å²) in [5, 5.41) is 10.5.